The normalized spacial score (nSPS) is 10.1. The molecule has 4 nitrogen and oxygen atoms in total. The highest BCUT2D eigenvalue weighted by Gasteiger charge is 2.00. The molecule has 4 heteroatoms. The quantitative estimate of drug-likeness (QED) is 0.822. The molecule has 2 aromatic rings. The van der Waals surface area contributed by atoms with Gasteiger partial charge in [0.25, 0.3) is 0 Å². The fourth-order valence-electron chi connectivity index (χ4n) is 1.40. The molecule has 0 fully saturated rings. The van der Waals surface area contributed by atoms with Crippen LogP contribution in [0.2, 0.25) is 0 Å². The largest absolute Gasteiger partial charge is 0.388 e. The molecule has 2 rings (SSSR count). The summed E-state index contributed by atoms with van der Waals surface area (Å²) in [4.78, 5) is 8.08. The molecule has 0 radical (unpaired) electrons. The van der Waals surface area contributed by atoms with Gasteiger partial charge in [0.1, 0.15) is 12.4 Å². The summed E-state index contributed by atoms with van der Waals surface area (Å²) < 4.78 is 0. The molecule has 1 aromatic carbocycles. The molecule has 0 aliphatic carbocycles. The van der Waals surface area contributed by atoms with Gasteiger partial charge in [0.15, 0.2) is 5.82 Å². The number of aliphatic hydroxyl groups excluding tert-OH is 1. The smallest absolute Gasteiger partial charge is 0.156 e. The average Bonchev–Trinajstić information content (AvgIpc) is 2.32. The van der Waals surface area contributed by atoms with Crippen LogP contribution in [0.5, 0.6) is 0 Å². The molecule has 82 valence electrons. The molecule has 0 saturated heterocycles. The molecular weight excluding hydrogens is 202 g/mol. The molecular formula is C12H13N3O. The van der Waals surface area contributed by atoms with Crippen LogP contribution in [0, 0.1) is 6.92 Å². The van der Waals surface area contributed by atoms with Gasteiger partial charge in [-0.2, -0.15) is 0 Å². The highest BCUT2D eigenvalue weighted by molar-refractivity contribution is 5.59. The zero-order valence-electron chi connectivity index (χ0n) is 9.01. The Kier molecular flexibility index (Phi) is 3.12. The van der Waals surface area contributed by atoms with Crippen molar-refractivity contribution in [3.8, 4) is 0 Å². The van der Waals surface area contributed by atoms with Crippen molar-refractivity contribution in [3.05, 3.63) is 47.9 Å². The van der Waals surface area contributed by atoms with Gasteiger partial charge >= 0.3 is 0 Å². The van der Waals surface area contributed by atoms with Crippen LogP contribution < -0.4 is 5.32 Å². The molecule has 0 aliphatic heterocycles. The number of rotatable bonds is 3. The van der Waals surface area contributed by atoms with Gasteiger partial charge in [-0.25, -0.2) is 9.97 Å². The highest BCUT2D eigenvalue weighted by atomic mass is 16.3. The van der Waals surface area contributed by atoms with Gasteiger partial charge in [0.05, 0.1) is 0 Å². The first kappa shape index (κ1) is 10.6. The van der Waals surface area contributed by atoms with Gasteiger partial charge in [-0.05, 0) is 24.6 Å². The van der Waals surface area contributed by atoms with Crippen molar-refractivity contribution < 1.29 is 5.11 Å². The summed E-state index contributed by atoms with van der Waals surface area (Å²) in [6, 6.07) is 9.72. The van der Waals surface area contributed by atoms with Crippen molar-refractivity contribution in [1.29, 1.82) is 0 Å². The van der Waals surface area contributed by atoms with Crippen LogP contribution in [0.15, 0.2) is 36.5 Å². The lowest BCUT2D eigenvalue weighted by Gasteiger charge is -2.08. The lowest BCUT2D eigenvalue weighted by atomic mass is 10.2. The van der Waals surface area contributed by atoms with Crippen LogP contribution in [-0.4, -0.2) is 15.1 Å². The number of aryl methyl sites for hydroxylation is 1. The van der Waals surface area contributed by atoms with Crippen molar-refractivity contribution in [2.45, 2.75) is 13.5 Å². The second-order valence-corrected chi connectivity index (χ2v) is 3.46. The van der Waals surface area contributed by atoms with Crippen LogP contribution in [0.1, 0.15) is 11.4 Å². The predicted octanol–water partition coefficient (Wildman–Crippen LogP) is 2.02. The molecule has 0 atom stereocenters. The van der Waals surface area contributed by atoms with Crippen LogP contribution in [0.25, 0.3) is 0 Å². The molecule has 0 aliphatic rings. The van der Waals surface area contributed by atoms with E-state index in [9.17, 15) is 0 Å². The zero-order valence-corrected chi connectivity index (χ0v) is 9.01. The minimum atomic E-state index is -0.150. The van der Waals surface area contributed by atoms with E-state index in [1.807, 2.05) is 31.2 Å². The maximum Gasteiger partial charge on any atom is 0.156 e. The molecule has 0 bridgehead atoms. The monoisotopic (exact) mass is 215 g/mol. The van der Waals surface area contributed by atoms with E-state index in [1.165, 1.54) is 0 Å². The van der Waals surface area contributed by atoms with Crippen LogP contribution in [0.3, 0.4) is 0 Å². The second kappa shape index (κ2) is 4.72. The van der Waals surface area contributed by atoms with Crippen molar-refractivity contribution in [1.82, 2.24) is 9.97 Å². The zero-order chi connectivity index (χ0) is 11.4. The first-order valence-electron chi connectivity index (χ1n) is 5.05. The SMILES string of the molecule is Cc1ccccc1Nc1ccnc(CO)n1. The van der Waals surface area contributed by atoms with Crippen molar-refractivity contribution in [3.63, 3.8) is 0 Å². The second-order valence-electron chi connectivity index (χ2n) is 3.46. The van der Waals surface area contributed by atoms with Gasteiger partial charge in [-0.15, -0.1) is 0 Å². The van der Waals surface area contributed by atoms with Gasteiger partial charge in [-0.1, -0.05) is 18.2 Å². The number of hydrogen-bond donors (Lipinski definition) is 2. The first-order chi connectivity index (χ1) is 7.79. The summed E-state index contributed by atoms with van der Waals surface area (Å²) in [7, 11) is 0. The Morgan fingerprint density at radius 3 is 2.81 bits per heavy atom. The Balaban J connectivity index is 2.24. The number of nitrogens with one attached hydrogen (secondary N) is 1. The number of hydrogen-bond acceptors (Lipinski definition) is 4. The lowest BCUT2D eigenvalue weighted by molar-refractivity contribution is 0.271. The Labute approximate surface area is 94.0 Å². The summed E-state index contributed by atoms with van der Waals surface area (Å²) in [5, 5.41) is 12.1. The summed E-state index contributed by atoms with van der Waals surface area (Å²) in [5.74, 6) is 1.10. The van der Waals surface area contributed by atoms with E-state index >= 15 is 0 Å². The van der Waals surface area contributed by atoms with Crippen molar-refractivity contribution in [2.24, 2.45) is 0 Å². The number of aromatic nitrogens is 2. The molecule has 1 heterocycles. The van der Waals surface area contributed by atoms with E-state index in [0.717, 1.165) is 11.3 Å². The Bertz CT molecular complexity index is 485. The third-order valence-electron chi connectivity index (χ3n) is 2.25. The molecule has 0 amide bonds. The van der Waals surface area contributed by atoms with Gasteiger partial charge in [0, 0.05) is 11.9 Å². The average molecular weight is 215 g/mol. The van der Waals surface area contributed by atoms with Crippen LogP contribution in [-0.2, 0) is 6.61 Å². The van der Waals surface area contributed by atoms with E-state index in [4.69, 9.17) is 5.11 Å². The number of anilines is 2. The molecule has 0 saturated carbocycles. The topological polar surface area (TPSA) is 58.0 Å². The third kappa shape index (κ3) is 2.35. The van der Waals surface area contributed by atoms with E-state index in [2.05, 4.69) is 15.3 Å². The number of para-hydroxylation sites is 1. The number of benzene rings is 1. The minimum Gasteiger partial charge on any atom is -0.388 e. The van der Waals surface area contributed by atoms with Crippen molar-refractivity contribution >= 4 is 11.5 Å². The summed E-state index contributed by atoms with van der Waals surface area (Å²) in [6.45, 7) is 1.87. The summed E-state index contributed by atoms with van der Waals surface area (Å²) >= 11 is 0. The molecule has 1 aromatic heterocycles. The molecule has 16 heavy (non-hydrogen) atoms. The predicted molar refractivity (Wildman–Crippen MR) is 62.4 cm³/mol. The molecule has 2 N–H and O–H groups in total. The maximum atomic E-state index is 8.93. The standard InChI is InChI=1S/C12H13N3O/c1-9-4-2-3-5-10(9)14-11-6-7-13-12(8-16)15-11/h2-7,16H,8H2,1H3,(H,13,14,15). The first-order valence-corrected chi connectivity index (χ1v) is 5.05. The van der Waals surface area contributed by atoms with Crippen molar-refractivity contribution in [2.75, 3.05) is 5.32 Å². The van der Waals surface area contributed by atoms with Crippen LogP contribution in [0.4, 0.5) is 11.5 Å². The third-order valence-corrected chi connectivity index (χ3v) is 2.25. The Hall–Kier alpha value is -1.94. The fraction of sp³-hybridized carbons (Fsp3) is 0.167. The van der Waals surface area contributed by atoms with Gasteiger partial charge < -0.3 is 10.4 Å². The lowest BCUT2D eigenvalue weighted by Crippen LogP contribution is -2.00. The van der Waals surface area contributed by atoms with Gasteiger partial charge in [0.2, 0.25) is 0 Å². The Morgan fingerprint density at radius 1 is 1.25 bits per heavy atom. The minimum absolute atomic E-state index is 0.150. The van der Waals surface area contributed by atoms with E-state index < -0.39 is 0 Å². The van der Waals surface area contributed by atoms with E-state index in [-0.39, 0.29) is 6.61 Å². The highest BCUT2D eigenvalue weighted by Crippen LogP contribution is 2.17. The maximum absolute atomic E-state index is 8.93. The fourth-order valence-corrected chi connectivity index (χ4v) is 1.40. The van der Waals surface area contributed by atoms with E-state index in [1.54, 1.807) is 12.3 Å². The molecule has 0 unspecified atom stereocenters. The molecule has 0 spiro atoms. The number of aliphatic hydroxyl groups is 1. The summed E-state index contributed by atoms with van der Waals surface area (Å²) in [6.07, 6.45) is 1.62. The van der Waals surface area contributed by atoms with E-state index in [0.29, 0.717) is 11.6 Å². The summed E-state index contributed by atoms with van der Waals surface area (Å²) in [5.41, 5.74) is 2.15. The Morgan fingerprint density at radius 2 is 2.06 bits per heavy atom. The van der Waals surface area contributed by atoms with Crippen LogP contribution >= 0.6 is 0 Å². The number of nitrogens with zero attached hydrogens (tertiary/aromatic N) is 2. The van der Waals surface area contributed by atoms with Gasteiger partial charge in [-0.3, -0.25) is 0 Å².